The maximum atomic E-state index is 9.90. The van der Waals surface area contributed by atoms with Gasteiger partial charge in [-0.3, -0.25) is 0 Å². The largest absolute Gasteiger partial charge is 0.390 e. The molecular formula is C13H26O2. The SMILES string of the molecule is CCCCCCCC(O)C1CCC(C)O1. The van der Waals surface area contributed by atoms with Gasteiger partial charge in [0, 0.05) is 0 Å². The highest BCUT2D eigenvalue weighted by Gasteiger charge is 2.27. The molecule has 3 unspecified atom stereocenters. The predicted octanol–water partition coefficient (Wildman–Crippen LogP) is 3.28. The molecule has 0 aromatic rings. The number of hydrogen-bond donors (Lipinski definition) is 1. The van der Waals surface area contributed by atoms with Gasteiger partial charge in [0.25, 0.3) is 0 Å². The van der Waals surface area contributed by atoms with Gasteiger partial charge in [-0.2, -0.15) is 0 Å². The number of ether oxygens (including phenoxy) is 1. The Kier molecular flexibility index (Phi) is 6.26. The molecule has 0 amide bonds. The second-order valence-corrected chi connectivity index (χ2v) is 4.83. The van der Waals surface area contributed by atoms with Crippen molar-refractivity contribution in [2.45, 2.75) is 83.5 Å². The monoisotopic (exact) mass is 214 g/mol. The van der Waals surface area contributed by atoms with Crippen LogP contribution in [0.3, 0.4) is 0 Å². The predicted molar refractivity (Wildman–Crippen MR) is 63.0 cm³/mol. The first-order valence-electron chi connectivity index (χ1n) is 6.57. The van der Waals surface area contributed by atoms with Crippen molar-refractivity contribution in [1.29, 1.82) is 0 Å². The van der Waals surface area contributed by atoms with Gasteiger partial charge in [-0.25, -0.2) is 0 Å². The summed E-state index contributed by atoms with van der Waals surface area (Å²) in [5.41, 5.74) is 0. The molecule has 1 fully saturated rings. The van der Waals surface area contributed by atoms with E-state index in [1.807, 2.05) is 0 Å². The van der Waals surface area contributed by atoms with Gasteiger partial charge in [0.1, 0.15) is 0 Å². The van der Waals surface area contributed by atoms with E-state index in [1.54, 1.807) is 0 Å². The third kappa shape index (κ3) is 4.98. The second-order valence-electron chi connectivity index (χ2n) is 4.83. The third-order valence-electron chi connectivity index (χ3n) is 3.30. The summed E-state index contributed by atoms with van der Waals surface area (Å²) >= 11 is 0. The van der Waals surface area contributed by atoms with E-state index in [9.17, 15) is 5.11 Å². The molecule has 0 aromatic heterocycles. The van der Waals surface area contributed by atoms with Crippen LogP contribution in [0.2, 0.25) is 0 Å². The Morgan fingerprint density at radius 3 is 2.53 bits per heavy atom. The molecule has 1 N–H and O–H groups in total. The third-order valence-corrected chi connectivity index (χ3v) is 3.30. The van der Waals surface area contributed by atoms with E-state index in [4.69, 9.17) is 4.74 Å². The summed E-state index contributed by atoms with van der Waals surface area (Å²) in [5.74, 6) is 0. The Bertz CT molecular complexity index is 159. The molecule has 0 aromatic carbocycles. The highest BCUT2D eigenvalue weighted by Crippen LogP contribution is 2.24. The summed E-state index contributed by atoms with van der Waals surface area (Å²) < 4.78 is 5.65. The van der Waals surface area contributed by atoms with Crippen LogP contribution in [0.5, 0.6) is 0 Å². The molecule has 1 heterocycles. The van der Waals surface area contributed by atoms with Gasteiger partial charge in [-0.15, -0.1) is 0 Å². The zero-order chi connectivity index (χ0) is 11.1. The van der Waals surface area contributed by atoms with Crippen molar-refractivity contribution in [1.82, 2.24) is 0 Å². The first-order valence-corrected chi connectivity index (χ1v) is 6.57. The smallest absolute Gasteiger partial charge is 0.0838 e. The second kappa shape index (κ2) is 7.24. The molecule has 1 aliphatic heterocycles. The molecule has 0 bridgehead atoms. The molecule has 1 saturated heterocycles. The Labute approximate surface area is 94.0 Å². The highest BCUT2D eigenvalue weighted by molar-refractivity contribution is 4.77. The quantitative estimate of drug-likeness (QED) is 0.659. The van der Waals surface area contributed by atoms with Crippen LogP contribution in [0.25, 0.3) is 0 Å². The standard InChI is InChI=1S/C13H26O2/c1-3-4-5-6-7-8-12(14)13-10-9-11(2)15-13/h11-14H,3-10H2,1-2H3. The Morgan fingerprint density at radius 1 is 1.20 bits per heavy atom. The number of aliphatic hydroxyl groups excluding tert-OH is 1. The van der Waals surface area contributed by atoms with E-state index in [2.05, 4.69) is 13.8 Å². The molecule has 0 aliphatic carbocycles. The van der Waals surface area contributed by atoms with Crippen LogP contribution < -0.4 is 0 Å². The van der Waals surface area contributed by atoms with Crippen molar-refractivity contribution in [2.75, 3.05) is 0 Å². The van der Waals surface area contributed by atoms with Gasteiger partial charge in [0.05, 0.1) is 18.3 Å². The summed E-state index contributed by atoms with van der Waals surface area (Å²) in [6, 6.07) is 0. The molecule has 15 heavy (non-hydrogen) atoms. The van der Waals surface area contributed by atoms with Crippen LogP contribution in [0.1, 0.15) is 65.2 Å². The number of hydrogen-bond acceptors (Lipinski definition) is 2. The molecule has 2 heteroatoms. The lowest BCUT2D eigenvalue weighted by molar-refractivity contribution is -0.0322. The van der Waals surface area contributed by atoms with Crippen molar-refractivity contribution >= 4 is 0 Å². The van der Waals surface area contributed by atoms with Crippen molar-refractivity contribution in [3.05, 3.63) is 0 Å². The van der Waals surface area contributed by atoms with Gasteiger partial charge in [-0.05, 0) is 26.2 Å². The Morgan fingerprint density at radius 2 is 1.93 bits per heavy atom. The fourth-order valence-corrected chi connectivity index (χ4v) is 2.26. The lowest BCUT2D eigenvalue weighted by Gasteiger charge is -2.18. The first-order chi connectivity index (χ1) is 7.24. The Balaban J connectivity index is 2.00. The maximum Gasteiger partial charge on any atom is 0.0838 e. The molecular weight excluding hydrogens is 188 g/mol. The molecule has 0 saturated carbocycles. The van der Waals surface area contributed by atoms with E-state index in [-0.39, 0.29) is 12.2 Å². The van der Waals surface area contributed by atoms with Crippen molar-refractivity contribution < 1.29 is 9.84 Å². The van der Waals surface area contributed by atoms with Crippen LogP contribution in [0.4, 0.5) is 0 Å². The summed E-state index contributed by atoms with van der Waals surface area (Å²) in [4.78, 5) is 0. The maximum absolute atomic E-state index is 9.90. The fraction of sp³-hybridized carbons (Fsp3) is 1.00. The zero-order valence-electron chi connectivity index (χ0n) is 10.2. The van der Waals surface area contributed by atoms with Crippen molar-refractivity contribution in [3.8, 4) is 0 Å². The zero-order valence-corrected chi connectivity index (χ0v) is 10.2. The normalized spacial score (nSPS) is 28.2. The minimum Gasteiger partial charge on any atom is -0.390 e. The molecule has 90 valence electrons. The number of rotatable bonds is 7. The summed E-state index contributed by atoms with van der Waals surface area (Å²) in [5, 5.41) is 9.90. The van der Waals surface area contributed by atoms with Crippen LogP contribution in [-0.2, 0) is 4.74 Å². The minimum absolute atomic E-state index is 0.117. The molecule has 0 spiro atoms. The molecule has 1 rings (SSSR count). The molecule has 3 atom stereocenters. The van der Waals surface area contributed by atoms with Gasteiger partial charge in [0.15, 0.2) is 0 Å². The van der Waals surface area contributed by atoms with Gasteiger partial charge in [-0.1, -0.05) is 39.0 Å². The lowest BCUT2D eigenvalue weighted by atomic mass is 10.0. The minimum atomic E-state index is -0.225. The number of unbranched alkanes of at least 4 members (excludes halogenated alkanes) is 4. The van der Waals surface area contributed by atoms with Crippen molar-refractivity contribution in [3.63, 3.8) is 0 Å². The molecule has 1 aliphatic rings. The number of aliphatic hydroxyl groups is 1. The molecule has 2 nitrogen and oxygen atoms in total. The van der Waals surface area contributed by atoms with E-state index < -0.39 is 0 Å². The van der Waals surface area contributed by atoms with E-state index >= 15 is 0 Å². The topological polar surface area (TPSA) is 29.5 Å². The van der Waals surface area contributed by atoms with Crippen LogP contribution in [-0.4, -0.2) is 23.4 Å². The van der Waals surface area contributed by atoms with Crippen LogP contribution in [0, 0.1) is 0 Å². The van der Waals surface area contributed by atoms with E-state index in [0.717, 1.165) is 25.7 Å². The average Bonchev–Trinajstić information content (AvgIpc) is 2.64. The van der Waals surface area contributed by atoms with Gasteiger partial charge >= 0.3 is 0 Å². The van der Waals surface area contributed by atoms with E-state index in [1.165, 1.54) is 25.7 Å². The van der Waals surface area contributed by atoms with Crippen LogP contribution in [0.15, 0.2) is 0 Å². The summed E-state index contributed by atoms with van der Waals surface area (Å²) in [7, 11) is 0. The van der Waals surface area contributed by atoms with E-state index in [0.29, 0.717) is 6.10 Å². The summed E-state index contributed by atoms with van der Waals surface area (Å²) in [6.07, 6.45) is 9.63. The van der Waals surface area contributed by atoms with Crippen LogP contribution >= 0.6 is 0 Å². The van der Waals surface area contributed by atoms with Crippen molar-refractivity contribution in [2.24, 2.45) is 0 Å². The fourth-order valence-electron chi connectivity index (χ4n) is 2.26. The average molecular weight is 214 g/mol. The molecule has 0 radical (unpaired) electrons. The highest BCUT2D eigenvalue weighted by atomic mass is 16.5. The summed E-state index contributed by atoms with van der Waals surface area (Å²) in [6.45, 7) is 4.32. The lowest BCUT2D eigenvalue weighted by Crippen LogP contribution is -2.25. The van der Waals surface area contributed by atoms with Gasteiger partial charge in [0.2, 0.25) is 0 Å². The first kappa shape index (κ1) is 13.0. The van der Waals surface area contributed by atoms with Gasteiger partial charge < -0.3 is 9.84 Å². The Hall–Kier alpha value is -0.0800.